The third-order valence-corrected chi connectivity index (χ3v) is 4.17. The van der Waals surface area contributed by atoms with Gasteiger partial charge >= 0.3 is 0 Å². The molecule has 1 atom stereocenters. The standard InChI is InChI=1S/C17H23N3O2/c1-2-3-10-18-16(21)13-7-6-11-20(12-13)17-19-14-8-4-5-9-15(14)22-17/h4-5,8-9,13H,2-3,6-7,10-12H2,1H3,(H,18,21)/t13-/m0/s1. The second-order valence-electron chi connectivity index (χ2n) is 5.89. The minimum absolute atomic E-state index is 0.0284. The molecule has 1 aliphatic rings. The van der Waals surface area contributed by atoms with Crippen molar-refractivity contribution in [2.75, 3.05) is 24.5 Å². The number of piperidine rings is 1. The lowest BCUT2D eigenvalue weighted by Gasteiger charge is -2.30. The summed E-state index contributed by atoms with van der Waals surface area (Å²) in [7, 11) is 0. The van der Waals surface area contributed by atoms with Crippen LogP contribution in [0.2, 0.25) is 0 Å². The fourth-order valence-electron chi connectivity index (χ4n) is 2.89. The maximum atomic E-state index is 12.2. The first-order chi connectivity index (χ1) is 10.8. The van der Waals surface area contributed by atoms with Crippen LogP contribution in [0.1, 0.15) is 32.6 Å². The molecule has 0 unspecified atom stereocenters. The van der Waals surface area contributed by atoms with Gasteiger partial charge in [0.05, 0.1) is 5.92 Å². The van der Waals surface area contributed by atoms with Crippen molar-refractivity contribution in [1.82, 2.24) is 10.3 Å². The van der Waals surface area contributed by atoms with Crippen LogP contribution in [-0.4, -0.2) is 30.5 Å². The summed E-state index contributed by atoms with van der Waals surface area (Å²) in [6, 6.07) is 8.39. The number of aromatic nitrogens is 1. The van der Waals surface area contributed by atoms with E-state index in [-0.39, 0.29) is 11.8 Å². The topological polar surface area (TPSA) is 58.4 Å². The highest BCUT2D eigenvalue weighted by molar-refractivity contribution is 5.79. The summed E-state index contributed by atoms with van der Waals surface area (Å²) in [6.07, 6.45) is 4.06. The summed E-state index contributed by atoms with van der Waals surface area (Å²) in [5.74, 6) is 0.190. The lowest BCUT2D eigenvalue weighted by atomic mass is 9.97. The molecule has 1 amide bonds. The van der Waals surface area contributed by atoms with Crippen LogP contribution in [0.15, 0.2) is 28.7 Å². The first kappa shape index (κ1) is 14.9. The maximum absolute atomic E-state index is 12.2. The summed E-state index contributed by atoms with van der Waals surface area (Å²) in [5, 5.41) is 3.04. The van der Waals surface area contributed by atoms with E-state index in [0.717, 1.165) is 49.9 Å². The van der Waals surface area contributed by atoms with Gasteiger partial charge in [0, 0.05) is 19.6 Å². The van der Waals surface area contributed by atoms with Crippen molar-refractivity contribution < 1.29 is 9.21 Å². The van der Waals surface area contributed by atoms with Gasteiger partial charge in [-0.15, -0.1) is 0 Å². The predicted octanol–water partition coefficient (Wildman–Crippen LogP) is 2.96. The number of carbonyl (C=O) groups excluding carboxylic acids is 1. The lowest BCUT2D eigenvalue weighted by Crippen LogP contribution is -2.43. The number of nitrogens with zero attached hydrogens (tertiary/aromatic N) is 2. The van der Waals surface area contributed by atoms with Crippen molar-refractivity contribution in [1.29, 1.82) is 0 Å². The molecule has 2 aromatic rings. The van der Waals surface area contributed by atoms with Crippen molar-refractivity contribution in [2.45, 2.75) is 32.6 Å². The normalized spacial score (nSPS) is 18.6. The number of hydrogen-bond donors (Lipinski definition) is 1. The van der Waals surface area contributed by atoms with Gasteiger partial charge in [0.2, 0.25) is 5.91 Å². The Morgan fingerprint density at radius 1 is 1.45 bits per heavy atom. The Morgan fingerprint density at radius 3 is 3.14 bits per heavy atom. The van der Waals surface area contributed by atoms with Crippen LogP contribution in [0.5, 0.6) is 0 Å². The number of anilines is 1. The van der Waals surface area contributed by atoms with Crippen LogP contribution in [0.25, 0.3) is 11.1 Å². The molecule has 1 saturated heterocycles. The van der Waals surface area contributed by atoms with E-state index in [1.165, 1.54) is 0 Å². The van der Waals surface area contributed by atoms with Crippen molar-refractivity contribution in [3.63, 3.8) is 0 Å². The second kappa shape index (κ2) is 6.81. The summed E-state index contributed by atoms with van der Waals surface area (Å²) in [5.41, 5.74) is 1.67. The average molecular weight is 301 g/mol. The van der Waals surface area contributed by atoms with Gasteiger partial charge in [0.15, 0.2) is 5.58 Å². The smallest absolute Gasteiger partial charge is 0.298 e. The number of rotatable bonds is 5. The van der Waals surface area contributed by atoms with Crippen LogP contribution in [0.4, 0.5) is 6.01 Å². The minimum Gasteiger partial charge on any atom is -0.423 e. The zero-order valence-corrected chi connectivity index (χ0v) is 13.0. The van der Waals surface area contributed by atoms with Gasteiger partial charge in [-0.3, -0.25) is 4.79 Å². The molecule has 1 aromatic carbocycles. The number of nitrogens with one attached hydrogen (secondary N) is 1. The van der Waals surface area contributed by atoms with Crippen LogP contribution < -0.4 is 10.2 Å². The van der Waals surface area contributed by atoms with Gasteiger partial charge in [0.1, 0.15) is 5.52 Å². The van der Waals surface area contributed by atoms with E-state index in [1.54, 1.807) is 0 Å². The van der Waals surface area contributed by atoms with Gasteiger partial charge in [-0.25, -0.2) is 0 Å². The van der Waals surface area contributed by atoms with Crippen molar-refractivity contribution >= 4 is 23.0 Å². The molecule has 5 nitrogen and oxygen atoms in total. The molecule has 1 N–H and O–H groups in total. The van der Waals surface area contributed by atoms with Crippen LogP contribution in [-0.2, 0) is 4.79 Å². The predicted molar refractivity (Wildman–Crippen MR) is 86.9 cm³/mol. The number of benzene rings is 1. The average Bonchev–Trinajstić information content (AvgIpc) is 2.99. The number of unbranched alkanes of at least 4 members (excludes halogenated alkanes) is 1. The first-order valence-corrected chi connectivity index (χ1v) is 8.16. The third kappa shape index (κ3) is 3.24. The van der Waals surface area contributed by atoms with E-state index < -0.39 is 0 Å². The van der Waals surface area contributed by atoms with E-state index in [2.05, 4.69) is 22.1 Å². The molecule has 1 aromatic heterocycles. The van der Waals surface area contributed by atoms with Crippen LogP contribution in [0, 0.1) is 5.92 Å². The summed E-state index contributed by atoms with van der Waals surface area (Å²) < 4.78 is 5.82. The van der Waals surface area contributed by atoms with Crippen LogP contribution >= 0.6 is 0 Å². The highest BCUT2D eigenvalue weighted by Crippen LogP contribution is 2.26. The zero-order valence-electron chi connectivity index (χ0n) is 13.0. The monoisotopic (exact) mass is 301 g/mol. The molecule has 0 radical (unpaired) electrons. The van der Waals surface area contributed by atoms with Crippen LogP contribution in [0.3, 0.4) is 0 Å². The molecule has 0 saturated carbocycles. The number of oxazole rings is 1. The van der Waals surface area contributed by atoms with E-state index in [4.69, 9.17) is 4.42 Å². The van der Waals surface area contributed by atoms with Crippen molar-refractivity contribution in [2.24, 2.45) is 5.92 Å². The Balaban J connectivity index is 1.66. The van der Waals surface area contributed by atoms with Gasteiger partial charge in [0.25, 0.3) is 6.01 Å². The molecular weight excluding hydrogens is 278 g/mol. The molecular formula is C17H23N3O2. The molecule has 0 bridgehead atoms. The molecule has 0 aliphatic carbocycles. The lowest BCUT2D eigenvalue weighted by molar-refractivity contribution is -0.125. The number of amides is 1. The molecule has 3 rings (SSSR count). The first-order valence-electron chi connectivity index (χ1n) is 8.16. The minimum atomic E-state index is 0.0284. The van der Waals surface area contributed by atoms with Gasteiger partial charge < -0.3 is 14.6 Å². The number of fused-ring (bicyclic) bond motifs is 1. The van der Waals surface area contributed by atoms with E-state index in [1.807, 2.05) is 24.3 Å². The Kier molecular flexibility index (Phi) is 4.61. The van der Waals surface area contributed by atoms with Crippen molar-refractivity contribution in [3.8, 4) is 0 Å². The fraction of sp³-hybridized carbons (Fsp3) is 0.529. The van der Waals surface area contributed by atoms with Gasteiger partial charge in [-0.1, -0.05) is 25.5 Å². The quantitative estimate of drug-likeness (QED) is 0.863. The van der Waals surface area contributed by atoms with E-state index in [0.29, 0.717) is 12.6 Å². The summed E-state index contributed by atoms with van der Waals surface area (Å²) in [4.78, 5) is 18.9. The van der Waals surface area contributed by atoms with Gasteiger partial charge in [-0.2, -0.15) is 4.98 Å². The molecule has 5 heteroatoms. The second-order valence-corrected chi connectivity index (χ2v) is 5.89. The molecule has 0 spiro atoms. The molecule has 1 aliphatic heterocycles. The highest BCUT2D eigenvalue weighted by atomic mass is 16.4. The molecule has 118 valence electrons. The molecule has 22 heavy (non-hydrogen) atoms. The Morgan fingerprint density at radius 2 is 2.32 bits per heavy atom. The number of para-hydroxylation sites is 2. The molecule has 1 fully saturated rings. The summed E-state index contributed by atoms with van der Waals surface area (Å²) in [6.45, 7) is 4.48. The van der Waals surface area contributed by atoms with Gasteiger partial charge in [-0.05, 0) is 31.4 Å². The Hall–Kier alpha value is -2.04. The maximum Gasteiger partial charge on any atom is 0.298 e. The van der Waals surface area contributed by atoms with Crippen molar-refractivity contribution in [3.05, 3.63) is 24.3 Å². The number of hydrogen-bond acceptors (Lipinski definition) is 4. The zero-order chi connectivity index (χ0) is 15.4. The fourth-order valence-corrected chi connectivity index (χ4v) is 2.89. The number of carbonyl (C=O) groups is 1. The third-order valence-electron chi connectivity index (χ3n) is 4.17. The largest absolute Gasteiger partial charge is 0.423 e. The Labute approximate surface area is 130 Å². The van der Waals surface area contributed by atoms with E-state index >= 15 is 0 Å². The highest BCUT2D eigenvalue weighted by Gasteiger charge is 2.27. The summed E-state index contributed by atoms with van der Waals surface area (Å²) >= 11 is 0. The Bertz CT molecular complexity index is 605. The SMILES string of the molecule is CCCCNC(=O)[C@H]1CCCN(c2nc3ccccc3o2)C1. The van der Waals surface area contributed by atoms with E-state index in [9.17, 15) is 4.79 Å². The molecule has 2 heterocycles.